The number of aromatic nitrogens is 1. The third-order valence-corrected chi connectivity index (χ3v) is 2.42. The fourth-order valence-electron chi connectivity index (χ4n) is 1.43. The first-order valence-corrected chi connectivity index (χ1v) is 6.15. The molecule has 1 heterocycles. The Labute approximate surface area is 105 Å². The average molecular weight is 232 g/mol. The van der Waals surface area contributed by atoms with Gasteiger partial charge in [0, 0.05) is 11.9 Å². The molecule has 2 nitrogen and oxygen atoms in total. The van der Waals surface area contributed by atoms with Crippen molar-refractivity contribution < 1.29 is 0 Å². The Balaban J connectivity index is 0.00000121. The number of pyridine rings is 1. The van der Waals surface area contributed by atoms with E-state index in [0.29, 0.717) is 12.5 Å². The quantitative estimate of drug-likeness (QED) is 0.843. The van der Waals surface area contributed by atoms with E-state index in [4.69, 9.17) is 5.73 Å². The van der Waals surface area contributed by atoms with Gasteiger partial charge in [-0.2, -0.15) is 0 Å². The molecule has 0 spiro atoms. The molecular weight excluding hydrogens is 208 g/mol. The van der Waals surface area contributed by atoms with E-state index in [1.165, 1.54) is 0 Å². The largest absolute Gasteiger partial charge is 0.330 e. The average Bonchev–Trinajstić information content (AvgIpc) is 2.40. The zero-order chi connectivity index (χ0) is 13.3. The van der Waals surface area contributed by atoms with Crippen molar-refractivity contribution in [2.45, 2.75) is 27.2 Å². The highest BCUT2D eigenvalue weighted by Crippen LogP contribution is 2.14. The van der Waals surface area contributed by atoms with E-state index in [1.807, 2.05) is 26.1 Å². The Morgan fingerprint density at radius 1 is 1.29 bits per heavy atom. The number of nitrogens with zero attached hydrogens (tertiary/aromatic N) is 1. The van der Waals surface area contributed by atoms with Crippen LogP contribution in [0.5, 0.6) is 0 Å². The van der Waals surface area contributed by atoms with Gasteiger partial charge in [0.05, 0.1) is 0 Å². The molecule has 2 heteroatoms. The van der Waals surface area contributed by atoms with Crippen molar-refractivity contribution >= 4 is 12.2 Å². The zero-order valence-electron chi connectivity index (χ0n) is 11.2. The maximum absolute atomic E-state index is 5.58. The first-order valence-electron chi connectivity index (χ1n) is 6.15. The molecule has 0 saturated heterocycles. The van der Waals surface area contributed by atoms with Crippen LogP contribution in [0.2, 0.25) is 0 Å². The van der Waals surface area contributed by atoms with E-state index in [9.17, 15) is 0 Å². The van der Waals surface area contributed by atoms with Crippen LogP contribution in [0.4, 0.5) is 0 Å². The molecule has 1 aromatic rings. The topological polar surface area (TPSA) is 38.9 Å². The summed E-state index contributed by atoms with van der Waals surface area (Å²) in [4.78, 5) is 4.37. The summed E-state index contributed by atoms with van der Waals surface area (Å²) in [6, 6.07) is 2.05. The molecule has 1 aromatic heterocycles. The third kappa shape index (κ3) is 4.96. The summed E-state index contributed by atoms with van der Waals surface area (Å²) >= 11 is 0. The van der Waals surface area contributed by atoms with E-state index in [0.717, 1.165) is 23.2 Å². The number of rotatable bonds is 5. The molecule has 0 saturated carbocycles. The molecule has 2 N–H and O–H groups in total. The van der Waals surface area contributed by atoms with Crippen LogP contribution in [0.15, 0.2) is 25.4 Å². The predicted molar refractivity (Wildman–Crippen MR) is 77.7 cm³/mol. The second-order valence-corrected chi connectivity index (χ2v) is 3.76. The minimum Gasteiger partial charge on any atom is -0.330 e. The first kappa shape index (κ1) is 15.6. The lowest BCUT2D eigenvalue weighted by molar-refractivity contribution is 0.584. The molecule has 0 aliphatic heterocycles. The van der Waals surface area contributed by atoms with Gasteiger partial charge in [-0.15, -0.1) is 0 Å². The van der Waals surface area contributed by atoms with Crippen molar-refractivity contribution in [2.24, 2.45) is 11.7 Å². The van der Waals surface area contributed by atoms with Gasteiger partial charge in [0.15, 0.2) is 0 Å². The molecule has 17 heavy (non-hydrogen) atoms. The number of hydrogen-bond acceptors (Lipinski definition) is 2. The Morgan fingerprint density at radius 2 is 1.88 bits per heavy atom. The Hall–Kier alpha value is -1.41. The predicted octanol–water partition coefficient (Wildman–Crippen LogP) is 3.53. The van der Waals surface area contributed by atoms with Gasteiger partial charge in [-0.05, 0) is 36.1 Å². The van der Waals surface area contributed by atoms with Crippen LogP contribution in [-0.4, -0.2) is 11.5 Å². The Morgan fingerprint density at radius 3 is 2.35 bits per heavy atom. The minimum atomic E-state index is 0.463. The van der Waals surface area contributed by atoms with Gasteiger partial charge in [-0.25, -0.2) is 0 Å². The highest BCUT2D eigenvalue weighted by Gasteiger charge is 2.04. The van der Waals surface area contributed by atoms with Gasteiger partial charge >= 0.3 is 0 Å². The molecule has 0 radical (unpaired) electrons. The van der Waals surface area contributed by atoms with Gasteiger partial charge in [0.25, 0.3) is 0 Å². The van der Waals surface area contributed by atoms with Crippen molar-refractivity contribution in [1.29, 1.82) is 0 Å². The van der Waals surface area contributed by atoms with Gasteiger partial charge < -0.3 is 5.73 Å². The second kappa shape index (κ2) is 8.71. The van der Waals surface area contributed by atoms with E-state index < -0.39 is 0 Å². The number of hydrogen-bond donors (Lipinski definition) is 1. The molecular formula is C15H24N2. The highest BCUT2D eigenvalue weighted by molar-refractivity contribution is 5.62. The second-order valence-electron chi connectivity index (χ2n) is 3.76. The monoisotopic (exact) mass is 232 g/mol. The normalized spacial score (nSPS) is 11.1. The van der Waals surface area contributed by atoms with Crippen LogP contribution in [0.1, 0.15) is 37.6 Å². The maximum atomic E-state index is 5.58. The standard InChI is InChI=1S/C13H18N2.C2H6/c1-4-11-7-13(6-10(3)8-14)15-9-12(11)5-2;1-2/h4-5,7,9-10H,1-2,6,8,14H2,3H3;1-2H3. The SMILES string of the molecule is C=Cc1cnc(CC(C)CN)cc1C=C.CC. The van der Waals surface area contributed by atoms with Crippen molar-refractivity contribution in [3.05, 3.63) is 42.2 Å². The number of nitrogens with two attached hydrogens (primary N) is 1. The van der Waals surface area contributed by atoms with Gasteiger partial charge in [0.1, 0.15) is 0 Å². The molecule has 1 rings (SSSR count). The fourth-order valence-corrected chi connectivity index (χ4v) is 1.43. The zero-order valence-corrected chi connectivity index (χ0v) is 11.2. The smallest absolute Gasteiger partial charge is 0.0413 e. The van der Waals surface area contributed by atoms with Crippen LogP contribution in [0.25, 0.3) is 12.2 Å². The summed E-state index contributed by atoms with van der Waals surface area (Å²) < 4.78 is 0. The summed E-state index contributed by atoms with van der Waals surface area (Å²) in [6.45, 7) is 14.3. The fraction of sp³-hybridized carbons (Fsp3) is 0.400. The van der Waals surface area contributed by atoms with Crippen LogP contribution in [-0.2, 0) is 6.42 Å². The van der Waals surface area contributed by atoms with Crippen LogP contribution >= 0.6 is 0 Å². The lowest BCUT2D eigenvalue weighted by Crippen LogP contribution is -2.13. The molecule has 1 unspecified atom stereocenters. The summed E-state index contributed by atoms with van der Waals surface area (Å²) in [7, 11) is 0. The molecule has 94 valence electrons. The summed E-state index contributed by atoms with van der Waals surface area (Å²) in [5, 5.41) is 0. The van der Waals surface area contributed by atoms with Crippen molar-refractivity contribution in [3.8, 4) is 0 Å². The Kier molecular flexibility index (Phi) is 7.99. The highest BCUT2D eigenvalue weighted by atomic mass is 14.7. The van der Waals surface area contributed by atoms with Gasteiger partial charge in [-0.1, -0.05) is 46.1 Å². The third-order valence-electron chi connectivity index (χ3n) is 2.42. The lowest BCUT2D eigenvalue weighted by atomic mass is 10.0. The minimum absolute atomic E-state index is 0.463. The first-order chi connectivity index (χ1) is 8.21. The van der Waals surface area contributed by atoms with E-state index in [2.05, 4.69) is 31.1 Å². The lowest BCUT2D eigenvalue weighted by Gasteiger charge is -2.09. The van der Waals surface area contributed by atoms with E-state index in [1.54, 1.807) is 6.08 Å². The molecule has 0 aromatic carbocycles. The van der Waals surface area contributed by atoms with Gasteiger partial charge in [-0.3, -0.25) is 4.98 Å². The summed E-state index contributed by atoms with van der Waals surface area (Å²) in [5.74, 6) is 0.463. The van der Waals surface area contributed by atoms with Crippen molar-refractivity contribution in [1.82, 2.24) is 4.98 Å². The van der Waals surface area contributed by atoms with E-state index >= 15 is 0 Å². The molecule has 0 aliphatic carbocycles. The van der Waals surface area contributed by atoms with Crippen molar-refractivity contribution in [3.63, 3.8) is 0 Å². The molecule has 1 atom stereocenters. The molecule has 0 fully saturated rings. The van der Waals surface area contributed by atoms with Crippen LogP contribution < -0.4 is 5.73 Å². The van der Waals surface area contributed by atoms with Crippen molar-refractivity contribution in [2.75, 3.05) is 6.54 Å². The summed E-state index contributed by atoms with van der Waals surface area (Å²) in [6.07, 6.45) is 6.37. The molecule has 0 bridgehead atoms. The van der Waals surface area contributed by atoms with Gasteiger partial charge in [0.2, 0.25) is 0 Å². The summed E-state index contributed by atoms with van der Waals surface area (Å²) in [5.41, 5.74) is 8.75. The maximum Gasteiger partial charge on any atom is 0.0413 e. The van der Waals surface area contributed by atoms with Crippen LogP contribution in [0.3, 0.4) is 0 Å². The van der Waals surface area contributed by atoms with E-state index in [-0.39, 0.29) is 0 Å². The van der Waals surface area contributed by atoms with Crippen LogP contribution in [0, 0.1) is 5.92 Å². The molecule has 0 aliphatic rings. The molecule has 0 amide bonds. The Bertz CT molecular complexity index is 356.